The van der Waals surface area contributed by atoms with E-state index < -0.39 is 0 Å². The first-order valence-corrected chi connectivity index (χ1v) is 8.94. The van der Waals surface area contributed by atoms with Crippen LogP contribution in [0.15, 0.2) is 77.4 Å². The monoisotopic (exact) mass is 366 g/mol. The van der Waals surface area contributed by atoms with Crippen molar-refractivity contribution in [1.82, 2.24) is 10.6 Å². The van der Waals surface area contributed by atoms with Crippen LogP contribution in [0.1, 0.15) is 22.5 Å². The van der Waals surface area contributed by atoms with Gasteiger partial charge >= 0.3 is 0 Å². The Morgan fingerprint density at radius 3 is 2.12 bits per heavy atom. The highest BCUT2D eigenvalue weighted by Gasteiger charge is 2.00. The summed E-state index contributed by atoms with van der Waals surface area (Å²) in [5.74, 6) is 0.856. The van der Waals surface area contributed by atoms with Crippen molar-refractivity contribution in [3.63, 3.8) is 0 Å². The van der Waals surface area contributed by atoms with Crippen LogP contribution >= 0.6 is 12.2 Å². The van der Waals surface area contributed by atoms with E-state index in [0.717, 1.165) is 11.3 Å². The van der Waals surface area contributed by atoms with Gasteiger partial charge in [0, 0.05) is 6.54 Å². The van der Waals surface area contributed by atoms with E-state index in [1.807, 2.05) is 30.3 Å². The van der Waals surface area contributed by atoms with Crippen LogP contribution in [0.25, 0.3) is 0 Å². The highest BCUT2D eigenvalue weighted by Crippen LogP contribution is 2.08. The maximum Gasteiger partial charge on any atom is 0.166 e. The Balaban J connectivity index is 1.36. The van der Waals surface area contributed by atoms with Gasteiger partial charge in [0.15, 0.2) is 5.11 Å². The average Bonchev–Trinajstić information content (AvgIpc) is 3.20. The molecule has 0 spiro atoms. The van der Waals surface area contributed by atoms with Crippen LogP contribution in [0.2, 0.25) is 0 Å². The summed E-state index contributed by atoms with van der Waals surface area (Å²) >= 11 is 5.27. The highest BCUT2D eigenvalue weighted by atomic mass is 32.1. The third-order valence-corrected chi connectivity index (χ3v) is 4.15. The molecule has 2 aromatic carbocycles. The lowest BCUT2D eigenvalue weighted by atomic mass is 10.1. The standard InChI is InChI=1S/C21H22N2O2S/c26-21(23-14-20-7-4-12-25-20)22-13-17-8-10-19(11-9-17)16-24-15-18-5-2-1-3-6-18/h1-12H,13-16H2,(H2,22,23,26). The first kappa shape index (κ1) is 18.2. The summed E-state index contributed by atoms with van der Waals surface area (Å²) in [4.78, 5) is 0. The number of ether oxygens (including phenoxy) is 1. The number of hydrogen-bond donors (Lipinski definition) is 2. The maximum absolute atomic E-state index is 5.76. The number of nitrogens with one attached hydrogen (secondary N) is 2. The van der Waals surface area contributed by atoms with E-state index in [1.165, 1.54) is 11.1 Å². The normalized spacial score (nSPS) is 10.5. The molecule has 5 heteroatoms. The van der Waals surface area contributed by atoms with E-state index >= 15 is 0 Å². The van der Waals surface area contributed by atoms with E-state index in [0.29, 0.717) is 31.4 Å². The van der Waals surface area contributed by atoms with Crippen LogP contribution in [0.4, 0.5) is 0 Å². The second-order valence-electron chi connectivity index (χ2n) is 5.91. The molecule has 3 aromatic rings. The highest BCUT2D eigenvalue weighted by molar-refractivity contribution is 7.80. The van der Waals surface area contributed by atoms with Gasteiger partial charge in [0.05, 0.1) is 26.0 Å². The van der Waals surface area contributed by atoms with Crippen molar-refractivity contribution in [3.8, 4) is 0 Å². The van der Waals surface area contributed by atoms with Crippen molar-refractivity contribution in [1.29, 1.82) is 0 Å². The smallest absolute Gasteiger partial charge is 0.166 e. The molecule has 0 atom stereocenters. The summed E-state index contributed by atoms with van der Waals surface area (Å²) in [6.07, 6.45) is 1.65. The molecule has 26 heavy (non-hydrogen) atoms. The van der Waals surface area contributed by atoms with Gasteiger partial charge in [-0.2, -0.15) is 0 Å². The molecule has 3 rings (SSSR count). The Hall–Kier alpha value is -2.63. The zero-order valence-corrected chi connectivity index (χ0v) is 15.3. The summed E-state index contributed by atoms with van der Waals surface area (Å²) in [5.41, 5.74) is 3.51. The number of rotatable bonds is 8. The van der Waals surface area contributed by atoms with Gasteiger partial charge in [0.2, 0.25) is 0 Å². The Kier molecular flexibility index (Phi) is 6.81. The third-order valence-electron chi connectivity index (χ3n) is 3.86. The molecule has 0 amide bonds. The average molecular weight is 366 g/mol. The van der Waals surface area contributed by atoms with Gasteiger partial charge in [-0.1, -0.05) is 54.6 Å². The zero-order chi connectivity index (χ0) is 18.0. The van der Waals surface area contributed by atoms with E-state index in [9.17, 15) is 0 Å². The third kappa shape index (κ3) is 6.02. The molecule has 0 bridgehead atoms. The summed E-state index contributed by atoms with van der Waals surface area (Å²) in [7, 11) is 0. The fourth-order valence-corrected chi connectivity index (χ4v) is 2.58. The number of benzene rings is 2. The minimum atomic E-state index is 0.580. The number of furan rings is 1. The van der Waals surface area contributed by atoms with Crippen LogP contribution in [0, 0.1) is 0 Å². The van der Waals surface area contributed by atoms with Gasteiger partial charge < -0.3 is 19.8 Å². The van der Waals surface area contributed by atoms with Crippen molar-refractivity contribution in [2.75, 3.05) is 0 Å². The first-order valence-electron chi connectivity index (χ1n) is 8.53. The zero-order valence-electron chi connectivity index (χ0n) is 14.5. The summed E-state index contributed by atoms with van der Waals surface area (Å²) in [6, 6.07) is 22.3. The quantitative estimate of drug-likeness (QED) is 0.586. The van der Waals surface area contributed by atoms with Crippen LogP contribution in [0.5, 0.6) is 0 Å². The van der Waals surface area contributed by atoms with Crippen molar-refractivity contribution in [3.05, 3.63) is 95.4 Å². The summed E-state index contributed by atoms with van der Waals surface area (Å²) in [6.45, 7) is 2.48. The Morgan fingerprint density at radius 2 is 1.42 bits per heavy atom. The van der Waals surface area contributed by atoms with Crippen LogP contribution in [-0.2, 0) is 31.0 Å². The molecule has 0 aliphatic carbocycles. The maximum atomic E-state index is 5.76. The fraction of sp³-hybridized carbons (Fsp3) is 0.190. The molecular formula is C21H22N2O2S. The second kappa shape index (κ2) is 9.75. The molecule has 4 nitrogen and oxygen atoms in total. The predicted molar refractivity (Wildman–Crippen MR) is 106 cm³/mol. The van der Waals surface area contributed by atoms with Gasteiger partial charge in [0.1, 0.15) is 5.76 Å². The molecule has 0 aliphatic heterocycles. The lowest BCUT2D eigenvalue weighted by molar-refractivity contribution is 0.107. The van der Waals surface area contributed by atoms with Crippen molar-refractivity contribution in [2.45, 2.75) is 26.3 Å². The predicted octanol–water partition coefficient (Wildman–Crippen LogP) is 4.16. The van der Waals surface area contributed by atoms with Gasteiger partial charge in [-0.05, 0) is 41.0 Å². The molecule has 1 aromatic heterocycles. The molecule has 0 saturated carbocycles. The van der Waals surface area contributed by atoms with Gasteiger partial charge in [-0.25, -0.2) is 0 Å². The molecule has 0 unspecified atom stereocenters. The molecule has 1 heterocycles. The molecule has 134 valence electrons. The van der Waals surface area contributed by atoms with Gasteiger partial charge in [-0.15, -0.1) is 0 Å². The number of thiocarbonyl (C=S) groups is 1. The minimum Gasteiger partial charge on any atom is -0.467 e. The van der Waals surface area contributed by atoms with Crippen LogP contribution in [-0.4, -0.2) is 5.11 Å². The Bertz CT molecular complexity index is 787. The van der Waals surface area contributed by atoms with Gasteiger partial charge in [0.25, 0.3) is 0 Å². The molecule has 0 saturated heterocycles. The topological polar surface area (TPSA) is 46.4 Å². The van der Waals surface area contributed by atoms with E-state index in [4.69, 9.17) is 21.4 Å². The lowest BCUT2D eigenvalue weighted by Crippen LogP contribution is -2.34. The molecular weight excluding hydrogens is 344 g/mol. The van der Waals surface area contributed by atoms with Crippen molar-refractivity contribution >= 4 is 17.3 Å². The van der Waals surface area contributed by atoms with Crippen molar-refractivity contribution in [2.24, 2.45) is 0 Å². The van der Waals surface area contributed by atoms with E-state index in [2.05, 4.69) is 47.0 Å². The largest absolute Gasteiger partial charge is 0.467 e. The minimum absolute atomic E-state index is 0.580. The first-order chi connectivity index (χ1) is 12.8. The van der Waals surface area contributed by atoms with Crippen LogP contribution < -0.4 is 10.6 Å². The molecule has 2 N–H and O–H groups in total. The summed E-state index contributed by atoms with van der Waals surface area (Å²) < 4.78 is 11.0. The van der Waals surface area contributed by atoms with Gasteiger partial charge in [-0.3, -0.25) is 0 Å². The van der Waals surface area contributed by atoms with Crippen LogP contribution in [0.3, 0.4) is 0 Å². The Morgan fingerprint density at radius 1 is 0.769 bits per heavy atom. The fourth-order valence-electron chi connectivity index (χ4n) is 2.44. The molecule has 0 radical (unpaired) electrons. The van der Waals surface area contributed by atoms with E-state index in [-0.39, 0.29) is 0 Å². The lowest BCUT2D eigenvalue weighted by Gasteiger charge is -2.10. The second-order valence-corrected chi connectivity index (χ2v) is 6.32. The van der Waals surface area contributed by atoms with E-state index in [1.54, 1.807) is 6.26 Å². The number of hydrogen-bond acceptors (Lipinski definition) is 3. The Labute approximate surface area is 159 Å². The summed E-state index contributed by atoms with van der Waals surface area (Å²) in [5, 5.41) is 6.92. The molecule has 0 aliphatic rings. The SMILES string of the molecule is S=C(NCc1ccc(COCc2ccccc2)cc1)NCc1ccco1. The van der Waals surface area contributed by atoms with Crippen molar-refractivity contribution < 1.29 is 9.15 Å². The molecule has 0 fully saturated rings.